The Hall–Kier alpha value is -2.74. The number of aromatic nitrogens is 1. The lowest BCUT2D eigenvalue weighted by Gasteiger charge is -2.19. The van der Waals surface area contributed by atoms with E-state index in [9.17, 15) is 9.90 Å². The molecule has 38 heavy (non-hydrogen) atoms. The van der Waals surface area contributed by atoms with E-state index in [1.165, 1.54) is 5.56 Å². The summed E-state index contributed by atoms with van der Waals surface area (Å²) in [5.74, 6) is -0.362. The highest BCUT2D eigenvalue weighted by molar-refractivity contribution is 7.80. The van der Waals surface area contributed by atoms with Gasteiger partial charge in [0.05, 0.1) is 21.8 Å². The van der Waals surface area contributed by atoms with Crippen molar-refractivity contribution in [2.75, 3.05) is 11.9 Å². The van der Waals surface area contributed by atoms with Crippen LogP contribution in [0.15, 0.2) is 42.6 Å². The molecule has 0 unspecified atom stereocenters. The lowest BCUT2D eigenvalue weighted by Crippen LogP contribution is -2.40. The van der Waals surface area contributed by atoms with Crippen molar-refractivity contribution in [1.82, 2.24) is 10.3 Å². The SMILES string of the molecule is CC.CCCc1cc2nccc(C)c2cc1C(N)=O.CCCc1ccc(NC(=S)NCC(C)(C)O)c(Cl)c1. The zero-order valence-electron chi connectivity index (χ0n) is 23.7. The van der Waals surface area contributed by atoms with Crippen LogP contribution in [0.2, 0.25) is 5.02 Å². The fraction of sp³-hybridized carbons (Fsp3) is 0.433. The highest BCUT2D eigenvalue weighted by Gasteiger charge is 2.13. The molecule has 208 valence electrons. The number of benzene rings is 2. The van der Waals surface area contributed by atoms with Gasteiger partial charge in [0.2, 0.25) is 5.91 Å². The number of aryl methyl sites for hydroxylation is 3. The summed E-state index contributed by atoms with van der Waals surface area (Å²) in [5.41, 5.74) is 10.3. The number of pyridine rings is 1. The maximum Gasteiger partial charge on any atom is 0.249 e. The van der Waals surface area contributed by atoms with Crippen molar-refractivity contribution >= 4 is 51.4 Å². The fourth-order valence-electron chi connectivity index (χ4n) is 3.65. The van der Waals surface area contributed by atoms with Gasteiger partial charge in [0.1, 0.15) is 0 Å². The van der Waals surface area contributed by atoms with Gasteiger partial charge in [0.15, 0.2) is 5.11 Å². The average Bonchev–Trinajstić information content (AvgIpc) is 2.86. The van der Waals surface area contributed by atoms with E-state index in [-0.39, 0.29) is 5.91 Å². The van der Waals surface area contributed by atoms with Crippen LogP contribution in [-0.4, -0.2) is 33.3 Å². The molecular weight excluding hydrogens is 516 g/mol. The van der Waals surface area contributed by atoms with Crippen molar-refractivity contribution in [2.45, 2.75) is 79.8 Å². The number of anilines is 1. The predicted molar refractivity (Wildman–Crippen MR) is 166 cm³/mol. The molecule has 0 radical (unpaired) electrons. The van der Waals surface area contributed by atoms with Gasteiger partial charge in [0, 0.05) is 23.7 Å². The second-order valence-corrected chi connectivity index (χ2v) is 10.3. The monoisotopic (exact) mass is 558 g/mol. The molecule has 0 bridgehead atoms. The molecule has 0 spiro atoms. The Balaban J connectivity index is 0.000000358. The van der Waals surface area contributed by atoms with Crippen molar-refractivity contribution in [1.29, 1.82) is 0 Å². The first kappa shape index (κ1) is 33.3. The van der Waals surface area contributed by atoms with Gasteiger partial charge >= 0.3 is 0 Å². The number of rotatable bonds is 8. The molecule has 0 aliphatic carbocycles. The normalized spacial score (nSPS) is 10.6. The number of carbonyl (C=O) groups excluding carboxylic acids is 1. The molecule has 2 aromatic carbocycles. The molecule has 1 aromatic heterocycles. The molecule has 3 aromatic rings. The minimum Gasteiger partial charge on any atom is -0.389 e. The number of nitrogens with one attached hydrogen (secondary N) is 2. The summed E-state index contributed by atoms with van der Waals surface area (Å²) in [5, 5.41) is 17.7. The van der Waals surface area contributed by atoms with E-state index >= 15 is 0 Å². The summed E-state index contributed by atoms with van der Waals surface area (Å²) >= 11 is 11.4. The van der Waals surface area contributed by atoms with E-state index in [4.69, 9.17) is 29.6 Å². The Labute approximate surface area is 238 Å². The maximum atomic E-state index is 11.5. The van der Waals surface area contributed by atoms with E-state index in [1.54, 1.807) is 20.0 Å². The van der Waals surface area contributed by atoms with Crippen molar-refractivity contribution in [3.05, 3.63) is 69.9 Å². The van der Waals surface area contributed by atoms with Gasteiger partial charge in [0.25, 0.3) is 0 Å². The van der Waals surface area contributed by atoms with Gasteiger partial charge in [-0.2, -0.15) is 0 Å². The number of primary amides is 1. The highest BCUT2D eigenvalue weighted by atomic mass is 35.5. The number of aliphatic hydroxyl groups is 1. The first-order chi connectivity index (χ1) is 17.9. The lowest BCUT2D eigenvalue weighted by molar-refractivity contribution is 0.0851. The minimum atomic E-state index is -0.805. The number of halogens is 1. The van der Waals surface area contributed by atoms with E-state index in [0.29, 0.717) is 22.2 Å². The number of thiocarbonyl (C=S) groups is 1. The van der Waals surface area contributed by atoms with Gasteiger partial charge in [-0.3, -0.25) is 9.78 Å². The molecule has 0 fully saturated rings. The number of nitrogens with zero attached hydrogens (tertiary/aromatic N) is 1. The molecule has 5 N–H and O–H groups in total. The van der Waals surface area contributed by atoms with Gasteiger partial charge < -0.3 is 21.5 Å². The van der Waals surface area contributed by atoms with Gasteiger partial charge in [-0.15, -0.1) is 0 Å². The van der Waals surface area contributed by atoms with E-state index in [2.05, 4.69) is 29.5 Å². The summed E-state index contributed by atoms with van der Waals surface area (Å²) in [6.07, 6.45) is 5.73. The zero-order valence-corrected chi connectivity index (χ0v) is 25.3. The van der Waals surface area contributed by atoms with Crippen LogP contribution in [0.4, 0.5) is 5.69 Å². The Morgan fingerprint density at radius 1 is 1.11 bits per heavy atom. The Morgan fingerprint density at radius 2 is 1.76 bits per heavy atom. The van der Waals surface area contributed by atoms with E-state index < -0.39 is 5.60 Å². The number of fused-ring (bicyclic) bond motifs is 1. The van der Waals surface area contributed by atoms with Crippen molar-refractivity contribution in [3.63, 3.8) is 0 Å². The largest absolute Gasteiger partial charge is 0.389 e. The zero-order chi connectivity index (χ0) is 28.9. The highest BCUT2D eigenvalue weighted by Crippen LogP contribution is 2.24. The van der Waals surface area contributed by atoms with Crippen LogP contribution >= 0.6 is 23.8 Å². The number of hydrogen-bond donors (Lipinski definition) is 4. The standard InChI is InChI=1S/C14H21ClN2OS.C14H16N2O.C2H6/c1-4-5-10-6-7-12(11(15)8-10)17-13(19)16-9-14(2,3)18;1-3-4-10-7-13-11(8-12(10)14(15)17)9(2)5-6-16-13;1-2/h6-8,18H,4-5,9H2,1-3H3,(H2,16,17,19);5-8H,3-4H2,1-2H3,(H2,15,17);1-2H3. The third-order valence-electron chi connectivity index (χ3n) is 5.47. The van der Waals surface area contributed by atoms with Crippen molar-refractivity contribution in [2.24, 2.45) is 5.73 Å². The fourth-order valence-corrected chi connectivity index (χ4v) is 4.08. The Bertz CT molecular complexity index is 1210. The molecule has 0 atom stereocenters. The van der Waals surface area contributed by atoms with Crippen LogP contribution in [0.25, 0.3) is 10.9 Å². The molecule has 1 amide bonds. The Morgan fingerprint density at radius 3 is 2.32 bits per heavy atom. The topological polar surface area (TPSA) is 100 Å². The second kappa shape index (κ2) is 16.3. The van der Waals surface area contributed by atoms with Crippen LogP contribution < -0.4 is 16.4 Å². The predicted octanol–water partition coefficient (Wildman–Crippen LogP) is 6.97. The first-order valence-corrected chi connectivity index (χ1v) is 14.0. The molecule has 0 saturated carbocycles. The van der Waals surface area contributed by atoms with Gasteiger partial charge in [-0.1, -0.05) is 58.2 Å². The smallest absolute Gasteiger partial charge is 0.249 e. The number of carbonyl (C=O) groups is 1. The van der Waals surface area contributed by atoms with E-state index in [1.807, 2.05) is 57.2 Å². The maximum absolute atomic E-state index is 11.5. The summed E-state index contributed by atoms with van der Waals surface area (Å²) in [7, 11) is 0. The summed E-state index contributed by atoms with van der Waals surface area (Å²) in [6, 6.07) is 11.7. The number of nitrogens with two attached hydrogens (primary N) is 1. The molecule has 3 rings (SSSR count). The molecule has 0 saturated heterocycles. The van der Waals surface area contributed by atoms with Gasteiger partial charge in [-0.25, -0.2) is 0 Å². The average molecular weight is 559 g/mol. The van der Waals surface area contributed by atoms with Crippen molar-refractivity contribution < 1.29 is 9.90 Å². The van der Waals surface area contributed by atoms with Gasteiger partial charge in [-0.05, 0) is 92.9 Å². The summed E-state index contributed by atoms with van der Waals surface area (Å²) in [4.78, 5) is 15.8. The van der Waals surface area contributed by atoms with Crippen LogP contribution in [0.5, 0.6) is 0 Å². The Kier molecular flexibility index (Phi) is 14.3. The third kappa shape index (κ3) is 10.9. The molecule has 1 heterocycles. The van der Waals surface area contributed by atoms with E-state index in [0.717, 1.165) is 53.4 Å². The second-order valence-electron chi connectivity index (χ2n) is 9.45. The molecular formula is C30H43ClN4O2S. The van der Waals surface area contributed by atoms with Crippen molar-refractivity contribution in [3.8, 4) is 0 Å². The van der Waals surface area contributed by atoms with Crippen LogP contribution in [0, 0.1) is 6.92 Å². The quantitative estimate of drug-likeness (QED) is 0.223. The summed E-state index contributed by atoms with van der Waals surface area (Å²) < 4.78 is 0. The number of amides is 1. The molecule has 6 nitrogen and oxygen atoms in total. The molecule has 0 aliphatic heterocycles. The van der Waals surface area contributed by atoms with Crippen LogP contribution in [0.3, 0.4) is 0 Å². The minimum absolute atomic E-state index is 0.362. The molecule has 8 heteroatoms. The third-order valence-corrected chi connectivity index (χ3v) is 6.03. The lowest BCUT2D eigenvalue weighted by atomic mass is 9.98. The molecule has 0 aliphatic rings. The van der Waals surface area contributed by atoms with Crippen LogP contribution in [-0.2, 0) is 12.8 Å². The van der Waals surface area contributed by atoms with Crippen LogP contribution in [0.1, 0.15) is 81.4 Å². The summed E-state index contributed by atoms with van der Waals surface area (Å²) in [6.45, 7) is 14.0. The number of hydrogen-bond acceptors (Lipinski definition) is 4. The first-order valence-electron chi connectivity index (χ1n) is 13.2.